The average molecular weight is 590 g/mol. The summed E-state index contributed by atoms with van der Waals surface area (Å²) in [5.74, 6) is -0.286. The van der Waals surface area contributed by atoms with Gasteiger partial charge in [-0.05, 0) is 61.6 Å². The molecule has 0 saturated heterocycles. The zero-order valence-corrected chi connectivity index (χ0v) is 26.0. The van der Waals surface area contributed by atoms with Crippen LogP contribution in [0.4, 0.5) is 0 Å². The van der Waals surface area contributed by atoms with E-state index in [0.29, 0.717) is 46.9 Å². The van der Waals surface area contributed by atoms with E-state index < -0.39 is 11.6 Å². The van der Waals surface area contributed by atoms with Gasteiger partial charge in [0.15, 0.2) is 5.60 Å². The number of phenolic OH excluding ortho intramolecular Hbond substituents is 2. The number of benzene rings is 3. The molecule has 43 heavy (non-hydrogen) atoms. The first-order valence-electron chi connectivity index (χ1n) is 15.2. The topological polar surface area (TPSA) is 114 Å². The molecule has 0 aromatic heterocycles. The van der Waals surface area contributed by atoms with E-state index in [9.17, 15) is 19.8 Å². The number of unbranched alkanes of at least 4 members (excludes halogenated alkanes) is 1. The summed E-state index contributed by atoms with van der Waals surface area (Å²) in [5.41, 5.74) is 0.703. The highest BCUT2D eigenvalue weighted by Crippen LogP contribution is 2.57. The van der Waals surface area contributed by atoms with E-state index in [1.54, 1.807) is 30.3 Å². The van der Waals surface area contributed by atoms with Crippen molar-refractivity contribution >= 4 is 11.9 Å². The Bertz CT molecular complexity index is 1430. The summed E-state index contributed by atoms with van der Waals surface area (Å²) in [6.45, 7) is 13.5. The van der Waals surface area contributed by atoms with Crippen LogP contribution in [0.5, 0.6) is 23.0 Å². The Hall–Kier alpha value is -4.04. The first-order chi connectivity index (χ1) is 20.5. The van der Waals surface area contributed by atoms with Crippen molar-refractivity contribution in [3.8, 4) is 23.0 Å². The molecule has 2 heterocycles. The molecular weight excluding hydrogens is 546 g/mol. The Morgan fingerprint density at radius 1 is 0.977 bits per heavy atom. The monoisotopic (exact) mass is 589 g/mol. The Balaban J connectivity index is 0.00000207. The normalized spacial score (nSPS) is 14.8. The fourth-order valence-corrected chi connectivity index (χ4v) is 5.47. The molecule has 5 rings (SSSR count). The number of esters is 1. The lowest BCUT2D eigenvalue weighted by Gasteiger charge is -2.36. The smallest absolute Gasteiger partial charge is 0.340 e. The van der Waals surface area contributed by atoms with Gasteiger partial charge >= 0.3 is 5.97 Å². The first kappa shape index (κ1) is 31.9. The van der Waals surface area contributed by atoms with E-state index in [1.807, 2.05) is 13.8 Å². The number of aromatic hydroxyl groups is 2. The van der Waals surface area contributed by atoms with Crippen LogP contribution in [0.15, 0.2) is 54.6 Å². The number of amides is 1. The molecule has 3 N–H and O–H groups in total. The van der Waals surface area contributed by atoms with Gasteiger partial charge in [0.25, 0.3) is 5.91 Å². The van der Waals surface area contributed by atoms with Gasteiger partial charge < -0.3 is 29.7 Å². The predicted molar refractivity (Wildman–Crippen MR) is 165 cm³/mol. The number of nitrogens with one attached hydrogen (secondary N) is 1. The van der Waals surface area contributed by atoms with Crippen molar-refractivity contribution in [2.24, 2.45) is 5.41 Å². The van der Waals surface area contributed by atoms with E-state index in [4.69, 9.17) is 14.2 Å². The van der Waals surface area contributed by atoms with Crippen LogP contribution in [-0.4, -0.2) is 41.3 Å². The average Bonchev–Trinajstić information content (AvgIpc) is 3.27. The van der Waals surface area contributed by atoms with Gasteiger partial charge in [-0.25, -0.2) is 4.79 Å². The molecule has 1 amide bonds. The van der Waals surface area contributed by atoms with Crippen LogP contribution in [0.1, 0.15) is 105 Å². The van der Waals surface area contributed by atoms with Crippen LogP contribution in [0.25, 0.3) is 0 Å². The zero-order valence-electron chi connectivity index (χ0n) is 26.0. The molecule has 8 heteroatoms. The van der Waals surface area contributed by atoms with Crippen LogP contribution in [0.2, 0.25) is 0 Å². The number of hydrogen-bond acceptors (Lipinski definition) is 7. The molecule has 0 saturated carbocycles. The largest absolute Gasteiger partial charge is 0.508 e. The maximum Gasteiger partial charge on any atom is 0.340 e. The second-order valence-electron chi connectivity index (χ2n) is 11.7. The number of rotatable bonds is 10. The lowest BCUT2D eigenvalue weighted by atomic mass is 9.77. The second kappa shape index (κ2) is 13.1. The minimum Gasteiger partial charge on any atom is -0.508 e. The van der Waals surface area contributed by atoms with E-state index in [2.05, 4.69) is 33.0 Å². The number of ether oxygens (including phenoxy) is 3. The molecule has 3 aromatic rings. The van der Waals surface area contributed by atoms with E-state index in [0.717, 1.165) is 25.7 Å². The lowest BCUT2D eigenvalue weighted by Crippen LogP contribution is -2.35. The molecule has 2 aliphatic rings. The van der Waals surface area contributed by atoms with Gasteiger partial charge in [0.05, 0.1) is 11.7 Å². The highest BCUT2D eigenvalue weighted by Gasteiger charge is 2.53. The first-order valence-corrected chi connectivity index (χ1v) is 15.2. The second-order valence-corrected chi connectivity index (χ2v) is 11.7. The maximum absolute atomic E-state index is 13.3. The minimum atomic E-state index is -1.36. The number of carbonyl (C=O) groups is 2. The summed E-state index contributed by atoms with van der Waals surface area (Å²) in [7, 11) is 0. The van der Waals surface area contributed by atoms with Gasteiger partial charge in [0, 0.05) is 47.5 Å². The number of phenols is 2. The molecule has 0 aliphatic carbocycles. The zero-order chi connectivity index (χ0) is 31.4. The van der Waals surface area contributed by atoms with Crippen LogP contribution >= 0.6 is 0 Å². The Morgan fingerprint density at radius 2 is 1.58 bits per heavy atom. The van der Waals surface area contributed by atoms with Crippen molar-refractivity contribution in [1.82, 2.24) is 5.32 Å². The van der Waals surface area contributed by atoms with Crippen LogP contribution in [0, 0.1) is 5.41 Å². The third-order valence-electron chi connectivity index (χ3n) is 7.91. The van der Waals surface area contributed by atoms with E-state index >= 15 is 0 Å². The molecule has 1 unspecified atom stereocenters. The molecule has 0 radical (unpaired) electrons. The maximum atomic E-state index is 13.3. The molecular formula is C35H43NO7. The van der Waals surface area contributed by atoms with Crippen molar-refractivity contribution in [3.63, 3.8) is 0 Å². The number of fused-ring (bicyclic) bond motifs is 6. The molecule has 8 nitrogen and oxygen atoms in total. The molecule has 3 aromatic carbocycles. The van der Waals surface area contributed by atoms with Crippen LogP contribution in [-0.2, 0) is 15.1 Å². The molecule has 1 spiro atoms. The summed E-state index contributed by atoms with van der Waals surface area (Å²) in [4.78, 5) is 26.5. The van der Waals surface area contributed by atoms with Gasteiger partial charge in [-0.2, -0.15) is 0 Å². The number of hydrogen-bond donors (Lipinski definition) is 3. The minimum absolute atomic E-state index is 0.0143. The van der Waals surface area contributed by atoms with E-state index in [-0.39, 0.29) is 34.5 Å². The summed E-state index contributed by atoms with van der Waals surface area (Å²) in [6, 6.07) is 14.2. The summed E-state index contributed by atoms with van der Waals surface area (Å²) in [5, 5.41) is 23.2. The van der Waals surface area contributed by atoms with Crippen molar-refractivity contribution in [1.29, 1.82) is 0 Å². The van der Waals surface area contributed by atoms with Gasteiger partial charge in [0.1, 0.15) is 23.0 Å². The quantitative estimate of drug-likeness (QED) is 0.211. The summed E-state index contributed by atoms with van der Waals surface area (Å²) in [6.07, 6.45) is 4.37. The Morgan fingerprint density at radius 3 is 2.19 bits per heavy atom. The molecule has 0 bridgehead atoms. The fourth-order valence-electron chi connectivity index (χ4n) is 5.47. The van der Waals surface area contributed by atoms with Gasteiger partial charge in [-0.3, -0.25) is 4.79 Å². The van der Waals surface area contributed by atoms with Crippen molar-refractivity contribution < 1.29 is 34.0 Å². The summed E-state index contributed by atoms with van der Waals surface area (Å²) >= 11 is 0. The highest BCUT2D eigenvalue weighted by atomic mass is 16.6. The van der Waals surface area contributed by atoms with Crippen LogP contribution in [0.3, 0.4) is 0 Å². The predicted octanol–water partition coefficient (Wildman–Crippen LogP) is 7.43. The van der Waals surface area contributed by atoms with Crippen molar-refractivity contribution in [3.05, 3.63) is 82.4 Å². The molecule has 0 fully saturated rings. The van der Waals surface area contributed by atoms with Gasteiger partial charge in [-0.1, -0.05) is 53.5 Å². The standard InChI is InChI=1S/C33H37NO7.C2H6/c1-5-6-7-20(2)39-15-14-32(3,4)19-34-30(37)21-8-11-25-24(16-21)31(38)41-33(25)26-12-9-22(35)17-28(26)40-29-18-23(36)10-13-27(29)33;1-2/h8-13,16-18,20,35-36H,5-7,14-15,19H2,1-4H3,(H,34,37);1-2H3. The highest BCUT2D eigenvalue weighted by molar-refractivity contribution is 6.01. The fraction of sp³-hybridized carbons (Fsp3) is 0.429. The molecule has 1 atom stereocenters. The summed E-state index contributed by atoms with van der Waals surface area (Å²) < 4.78 is 18.0. The van der Waals surface area contributed by atoms with Gasteiger partial charge in [-0.15, -0.1) is 0 Å². The van der Waals surface area contributed by atoms with Crippen molar-refractivity contribution in [2.75, 3.05) is 13.2 Å². The SMILES string of the molecule is CC.CCCCC(C)OCCC(C)(C)CNC(=O)c1ccc2c(c1)C(=O)OC21c2ccc(O)cc2Oc2cc(O)ccc21. The third kappa shape index (κ3) is 6.49. The number of carbonyl (C=O) groups excluding carboxylic acids is 2. The van der Waals surface area contributed by atoms with Gasteiger partial charge in [0.2, 0.25) is 0 Å². The van der Waals surface area contributed by atoms with Crippen molar-refractivity contribution in [2.45, 2.75) is 78.9 Å². The molecule has 2 aliphatic heterocycles. The van der Waals surface area contributed by atoms with Crippen LogP contribution < -0.4 is 10.1 Å². The van der Waals surface area contributed by atoms with E-state index in [1.165, 1.54) is 24.3 Å². The Kier molecular flexibility index (Phi) is 9.70. The lowest BCUT2D eigenvalue weighted by molar-refractivity contribution is 0.0224. The third-order valence-corrected chi connectivity index (χ3v) is 7.91. The Labute approximate surface area is 254 Å². The molecule has 230 valence electrons.